The van der Waals surface area contributed by atoms with Gasteiger partial charge in [-0.25, -0.2) is 4.98 Å². The van der Waals surface area contributed by atoms with Gasteiger partial charge in [-0.2, -0.15) is 0 Å². The molecule has 0 spiro atoms. The summed E-state index contributed by atoms with van der Waals surface area (Å²) in [5, 5.41) is 2.48. The molecule has 21 heavy (non-hydrogen) atoms. The fraction of sp³-hybridized carbons (Fsp3) is 0.0769. The Morgan fingerprint density at radius 2 is 1.81 bits per heavy atom. The van der Waals surface area contributed by atoms with Crippen molar-refractivity contribution in [3.05, 3.63) is 48.2 Å². The van der Waals surface area contributed by atoms with Gasteiger partial charge in [0.2, 0.25) is 0 Å². The van der Waals surface area contributed by atoms with E-state index in [0.717, 1.165) is 12.1 Å². The Hall–Kier alpha value is -2.77. The molecule has 0 aliphatic rings. The first kappa shape index (κ1) is 14.6. The van der Waals surface area contributed by atoms with Crippen LogP contribution in [0.15, 0.2) is 42.6 Å². The van der Waals surface area contributed by atoms with Gasteiger partial charge in [0.15, 0.2) is 0 Å². The van der Waals surface area contributed by atoms with E-state index in [1.165, 1.54) is 24.4 Å². The number of hydrogen-bond acceptors (Lipinski definition) is 4. The number of rotatable bonds is 3. The number of hydrogen-bond donors (Lipinski definition) is 2. The van der Waals surface area contributed by atoms with E-state index in [-0.39, 0.29) is 11.4 Å². The average molecular weight is 297 g/mol. The number of aromatic nitrogens is 1. The van der Waals surface area contributed by atoms with Gasteiger partial charge in [-0.05, 0) is 36.4 Å². The fourth-order valence-electron chi connectivity index (χ4n) is 1.48. The highest BCUT2D eigenvalue weighted by Crippen LogP contribution is 2.22. The van der Waals surface area contributed by atoms with Gasteiger partial charge in [-0.1, -0.05) is 0 Å². The zero-order valence-electron chi connectivity index (χ0n) is 10.5. The first-order valence-electron chi connectivity index (χ1n) is 5.72. The van der Waals surface area contributed by atoms with E-state index in [9.17, 15) is 18.0 Å². The number of anilines is 2. The van der Waals surface area contributed by atoms with Crippen LogP contribution in [0.4, 0.5) is 24.7 Å². The third kappa shape index (κ3) is 4.37. The molecule has 2 aromatic rings. The number of halogens is 3. The molecule has 0 atom stereocenters. The first-order chi connectivity index (χ1) is 9.83. The van der Waals surface area contributed by atoms with E-state index >= 15 is 0 Å². The lowest BCUT2D eigenvalue weighted by molar-refractivity contribution is -0.274. The van der Waals surface area contributed by atoms with Gasteiger partial charge >= 0.3 is 6.36 Å². The molecule has 110 valence electrons. The molecule has 2 rings (SSSR count). The molecule has 3 N–H and O–H groups in total. The maximum Gasteiger partial charge on any atom is 0.573 e. The normalized spacial score (nSPS) is 11.0. The number of carbonyl (C=O) groups is 1. The highest BCUT2D eigenvalue weighted by molar-refractivity contribution is 6.03. The molecular weight excluding hydrogens is 287 g/mol. The Kier molecular flexibility index (Phi) is 3.97. The third-order valence-electron chi connectivity index (χ3n) is 2.38. The lowest BCUT2D eigenvalue weighted by Gasteiger charge is -2.09. The first-order valence-corrected chi connectivity index (χ1v) is 5.72. The maximum absolute atomic E-state index is 12.0. The molecule has 1 aromatic heterocycles. The summed E-state index contributed by atoms with van der Waals surface area (Å²) in [6.45, 7) is 0. The zero-order valence-corrected chi connectivity index (χ0v) is 10.5. The molecule has 0 fully saturated rings. The Bertz CT molecular complexity index is 625. The van der Waals surface area contributed by atoms with Crippen molar-refractivity contribution < 1.29 is 22.7 Å². The van der Waals surface area contributed by atoms with Crippen molar-refractivity contribution >= 4 is 17.4 Å². The number of carbonyl (C=O) groups excluding carboxylic acids is 1. The zero-order chi connectivity index (χ0) is 15.5. The molecule has 5 nitrogen and oxygen atoms in total. The highest BCUT2D eigenvalue weighted by Gasteiger charge is 2.31. The van der Waals surface area contributed by atoms with E-state index in [4.69, 9.17) is 5.73 Å². The summed E-state index contributed by atoms with van der Waals surface area (Å²) in [6, 6.07) is 7.61. The van der Waals surface area contributed by atoms with Crippen LogP contribution in [0.25, 0.3) is 0 Å². The van der Waals surface area contributed by atoms with Crippen molar-refractivity contribution in [3.8, 4) is 5.75 Å². The van der Waals surface area contributed by atoms with Crippen LogP contribution in [0.2, 0.25) is 0 Å². The van der Waals surface area contributed by atoms with E-state index < -0.39 is 18.0 Å². The number of pyridine rings is 1. The molecule has 1 heterocycles. The Balaban J connectivity index is 2.04. The monoisotopic (exact) mass is 297 g/mol. The molecule has 1 aromatic carbocycles. The van der Waals surface area contributed by atoms with Gasteiger partial charge in [-0.15, -0.1) is 13.2 Å². The van der Waals surface area contributed by atoms with Gasteiger partial charge in [-0.3, -0.25) is 4.79 Å². The summed E-state index contributed by atoms with van der Waals surface area (Å²) in [7, 11) is 0. The van der Waals surface area contributed by atoms with Crippen molar-refractivity contribution in [3.63, 3.8) is 0 Å². The molecule has 0 aliphatic heterocycles. The van der Waals surface area contributed by atoms with Gasteiger partial charge in [0.25, 0.3) is 5.91 Å². The van der Waals surface area contributed by atoms with Crippen molar-refractivity contribution in [2.24, 2.45) is 0 Å². The molecule has 8 heteroatoms. The van der Waals surface area contributed by atoms with Crippen molar-refractivity contribution in [2.75, 3.05) is 11.1 Å². The van der Waals surface area contributed by atoms with Crippen molar-refractivity contribution in [1.82, 2.24) is 4.98 Å². The smallest absolute Gasteiger partial charge is 0.406 e. The van der Waals surface area contributed by atoms with Crippen LogP contribution in [-0.4, -0.2) is 17.3 Å². The molecule has 0 saturated carbocycles. The lowest BCUT2D eigenvalue weighted by atomic mass is 10.2. The number of nitrogen functional groups attached to an aromatic ring is 1. The van der Waals surface area contributed by atoms with E-state index in [0.29, 0.717) is 5.69 Å². The van der Waals surface area contributed by atoms with E-state index in [1.54, 1.807) is 6.07 Å². The molecule has 1 amide bonds. The Morgan fingerprint density at radius 3 is 2.33 bits per heavy atom. The predicted octanol–water partition coefficient (Wildman–Crippen LogP) is 2.81. The number of nitrogens with one attached hydrogen (secondary N) is 1. The van der Waals surface area contributed by atoms with Crippen LogP contribution >= 0.6 is 0 Å². The molecule has 0 unspecified atom stereocenters. The van der Waals surface area contributed by atoms with Crippen LogP contribution in [0.1, 0.15) is 10.4 Å². The van der Waals surface area contributed by atoms with Crippen molar-refractivity contribution in [1.29, 1.82) is 0 Å². The molecule has 0 saturated heterocycles. The standard InChI is InChI=1S/C13H10F3N3O2/c14-13(15,16)21-10-4-1-8(2-5-10)12(20)19-11-6-3-9(17)7-18-11/h1-7H,17H2,(H,18,19,20). The summed E-state index contributed by atoms with van der Waals surface area (Å²) in [5.74, 6) is -0.625. The number of nitrogens with two attached hydrogens (primary N) is 1. The maximum atomic E-state index is 12.0. The number of alkyl halides is 3. The second-order valence-electron chi connectivity index (χ2n) is 4.00. The summed E-state index contributed by atoms with van der Waals surface area (Å²) in [6.07, 6.45) is -3.40. The number of nitrogens with zero attached hydrogens (tertiary/aromatic N) is 1. The summed E-state index contributed by atoms with van der Waals surface area (Å²) < 4.78 is 39.7. The number of benzene rings is 1. The molecular formula is C13H10F3N3O2. The van der Waals surface area contributed by atoms with Gasteiger partial charge < -0.3 is 15.8 Å². The van der Waals surface area contributed by atoms with Crippen LogP contribution in [0, 0.1) is 0 Å². The minimum absolute atomic E-state index is 0.170. The van der Waals surface area contributed by atoms with Crippen LogP contribution in [0.3, 0.4) is 0 Å². The number of ether oxygens (including phenoxy) is 1. The Morgan fingerprint density at radius 1 is 1.14 bits per heavy atom. The third-order valence-corrected chi connectivity index (χ3v) is 2.38. The SMILES string of the molecule is Nc1ccc(NC(=O)c2ccc(OC(F)(F)F)cc2)nc1. The molecule has 0 bridgehead atoms. The minimum atomic E-state index is -4.77. The Labute approximate surface area is 117 Å². The summed E-state index contributed by atoms with van der Waals surface area (Å²) in [5.41, 5.74) is 6.07. The second-order valence-corrected chi connectivity index (χ2v) is 4.00. The minimum Gasteiger partial charge on any atom is -0.406 e. The largest absolute Gasteiger partial charge is 0.573 e. The van der Waals surface area contributed by atoms with Gasteiger partial charge in [0.1, 0.15) is 11.6 Å². The van der Waals surface area contributed by atoms with Gasteiger partial charge in [0, 0.05) is 5.56 Å². The van der Waals surface area contributed by atoms with Crippen LogP contribution < -0.4 is 15.8 Å². The fourth-order valence-corrected chi connectivity index (χ4v) is 1.48. The van der Waals surface area contributed by atoms with E-state index in [2.05, 4.69) is 15.0 Å². The summed E-state index contributed by atoms with van der Waals surface area (Å²) in [4.78, 5) is 15.7. The van der Waals surface area contributed by atoms with Gasteiger partial charge in [0.05, 0.1) is 11.9 Å². The predicted molar refractivity (Wildman–Crippen MR) is 69.7 cm³/mol. The average Bonchev–Trinajstić information content (AvgIpc) is 2.40. The quantitative estimate of drug-likeness (QED) is 0.913. The molecule has 0 aliphatic carbocycles. The van der Waals surface area contributed by atoms with Crippen molar-refractivity contribution in [2.45, 2.75) is 6.36 Å². The summed E-state index contributed by atoms with van der Waals surface area (Å²) >= 11 is 0. The highest BCUT2D eigenvalue weighted by atomic mass is 19.4. The van der Waals surface area contributed by atoms with Crippen LogP contribution in [0.5, 0.6) is 5.75 Å². The van der Waals surface area contributed by atoms with Crippen LogP contribution in [-0.2, 0) is 0 Å². The lowest BCUT2D eigenvalue weighted by Crippen LogP contribution is -2.17. The molecule has 0 radical (unpaired) electrons. The van der Waals surface area contributed by atoms with E-state index in [1.807, 2.05) is 0 Å². The number of amides is 1. The topological polar surface area (TPSA) is 77.2 Å². The second kappa shape index (κ2) is 5.70.